The fourth-order valence-electron chi connectivity index (χ4n) is 1.87. The van der Waals surface area contributed by atoms with Crippen LogP contribution >= 0.6 is 0 Å². The average molecular weight is 290 g/mol. The van der Waals surface area contributed by atoms with Crippen LogP contribution in [-0.4, -0.2) is 17.1 Å². The SMILES string of the molecule is Cc1ccc([N+](=O)[O-])c(NC(C)CCCC(F)(F)F)c1. The summed E-state index contributed by atoms with van der Waals surface area (Å²) in [7, 11) is 0. The van der Waals surface area contributed by atoms with E-state index < -0.39 is 17.5 Å². The molecule has 1 N–H and O–H groups in total. The Morgan fingerprint density at radius 1 is 1.40 bits per heavy atom. The number of halogens is 3. The Labute approximate surface area is 115 Å². The highest BCUT2D eigenvalue weighted by molar-refractivity contribution is 5.63. The summed E-state index contributed by atoms with van der Waals surface area (Å²) in [5.74, 6) is 0. The quantitative estimate of drug-likeness (QED) is 0.622. The fourth-order valence-corrected chi connectivity index (χ4v) is 1.87. The number of rotatable bonds is 6. The van der Waals surface area contributed by atoms with Gasteiger partial charge < -0.3 is 5.32 Å². The Kier molecular flexibility index (Phi) is 5.35. The Hall–Kier alpha value is -1.79. The monoisotopic (exact) mass is 290 g/mol. The van der Waals surface area contributed by atoms with Crippen molar-refractivity contribution in [2.24, 2.45) is 0 Å². The van der Waals surface area contributed by atoms with Crippen LogP contribution in [-0.2, 0) is 0 Å². The second kappa shape index (κ2) is 6.58. The van der Waals surface area contributed by atoms with E-state index in [-0.39, 0.29) is 18.2 Å². The number of benzene rings is 1. The molecule has 0 radical (unpaired) electrons. The van der Waals surface area contributed by atoms with Gasteiger partial charge in [-0.3, -0.25) is 10.1 Å². The number of hydrogen-bond donors (Lipinski definition) is 1. The van der Waals surface area contributed by atoms with Crippen LogP contribution in [0.15, 0.2) is 18.2 Å². The number of hydrogen-bond acceptors (Lipinski definition) is 3. The lowest BCUT2D eigenvalue weighted by Crippen LogP contribution is -2.17. The zero-order valence-electron chi connectivity index (χ0n) is 11.3. The topological polar surface area (TPSA) is 55.2 Å². The molecule has 4 nitrogen and oxygen atoms in total. The van der Waals surface area contributed by atoms with Crippen LogP contribution in [0, 0.1) is 17.0 Å². The van der Waals surface area contributed by atoms with Crippen LogP contribution in [0.2, 0.25) is 0 Å². The van der Waals surface area contributed by atoms with E-state index >= 15 is 0 Å². The summed E-state index contributed by atoms with van der Waals surface area (Å²) in [6, 6.07) is 4.37. The largest absolute Gasteiger partial charge is 0.389 e. The molecule has 1 aromatic carbocycles. The van der Waals surface area contributed by atoms with Gasteiger partial charge in [0, 0.05) is 18.5 Å². The molecule has 0 aromatic heterocycles. The van der Waals surface area contributed by atoms with Gasteiger partial charge in [-0.15, -0.1) is 0 Å². The maximum absolute atomic E-state index is 12.0. The molecule has 1 aromatic rings. The molecule has 1 atom stereocenters. The third kappa shape index (κ3) is 5.46. The molecular formula is C13H17F3N2O2. The maximum atomic E-state index is 12.0. The molecule has 0 heterocycles. The Balaban J connectivity index is 2.63. The highest BCUT2D eigenvalue weighted by atomic mass is 19.4. The van der Waals surface area contributed by atoms with E-state index in [9.17, 15) is 23.3 Å². The van der Waals surface area contributed by atoms with Gasteiger partial charge in [0.05, 0.1) is 4.92 Å². The van der Waals surface area contributed by atoms with Crippen molar-refractivity contribution in [3.63, 3.8) is 0 Å². The molecule has 0 saturated heterocycles. The molecule has 0 aliphatic heterocycles. The van der Waals surface area contributed by atoms with Crippen molar-refractivity contribution in [1.29, 1.82) is 0 Å². The fraction of sp³-hybridized carbons (Fsp3) is 0.538. The molecule has 7 heteroatoms. The molecule has 1 rings (SSSR count). The minimum Gasteiger partial charge on any atom is -0.377 e. The first-order valence-corrected chi connectivity index (χ1v) is 6.27. The first kappa shape index (κ1) is 16.3. The summed E-state index contributed by atoms with van der Waals surface area (Å²) in [4.78, 5) is 10.4. The molecule has 0 saturated carbocycles. The van der Waals surface area contributed by atoms with Gasteiger partial charge >= 0.3 is 6.18 Å². The Morgan fingerprint density at radius 3 is 2.60 bits per heavy atom. The van der Waals surface area contributed by atoms with Crippen molar-refractivity contribution < 1.29 is 18.1 Å². The van der Waals surface area contributed by atoms with Gasteiger partial charge in [0.2, 0.25) is 0 Å². The van der Waals surface area contributed by atoms with Crippen LogP contribution in [0.3, 0.4) is 0 Å². The number of nitrogens with zero attached hydrogens (tertiary/aromatic N) is 1. The molecule has 112 valence electrons. The molecule has 0 bridgehead atoms. The first-order valence-electron chi connectivity index (χ1n) is 6.27. The van der Waals surface area contributed by atoms with E-state index in [2.05, 4.69) is 5.32 Å². The third-order valence-electron chi connectivity index (χ3n) is 2.85. The molecule has 20 heavy (non-hydrogen) atoms. The van der Waals surface area contributed by atoms with Crippen molar-refractivity contribution in [2.45, 2.75) is 45.3 Å². The van der Waals surface area contributed by atoms with Crippen molar-refractivity contribution in [3.8, 4) is 0 Å². The Morgan fingerprint density at radius 2 is 2.05 bits per heavy atom. The average Bonchev–Trinajstić information content (AvgIpc) is 2.26. The summed E-state index contributed by atoms with van der Waals surface area (Å²) < 4.78 is 36.1. The van der Waals surface area contributed by atoms with E-state index in [4.69, 9.17) is 0 Å². The normalized spacial score (nSPS) is 13.1. The molecule has 0 aliphatic carbocycles. The highest BCUT2D eigenvalue weighted by Gasteiger charge is 2.26. The van der Waals surface area contributed by atoms with Crippen LogP contribution in [0.25, 0.3) is 0 Å². The van der Waals surface area contributed by atoms with Gasteiger partial charge in [-0.25, -0.2) is 0 Å². The number of aryl methyl sites for hydroxylation is 1. The third-order valence-corrected chi connectivity index (χ3v) is 2.85. The summed E-state index contributed by atoms with van der Waals surface area (Å²) in [5.41, 5.74) is 1.12. The van der Waals surface area contributed by atoms with Gasteiger partial charge in [0.15, 0.2) is 0 Å². The maximum Gasteiger partial charge on any atom is 0.389 e. The minimum atomic E-state index is -4.16. The second-order valence-electron chi connectivity index (χ2n) is 4.83. The van der Waals surface area contributed by atoms with E-state index in [0.29, 0.717) is 12.1 Å². The van der Waals surface area contributed by atoms with Crippen molar-refractivity contribution in [2.75, 3.05) is 5.32 Å². The van der Waals surface area contributed by atoms with E-state index in [1.807, 2.05) is 0 Å². The van der Waals surface area contributed by atoms with Crippen molar-refractivity contribution in [3.05, 3.63) is 33.9 Å². The van der Waals surface area contributed by atoms with E-state index in [1.165, 1.54) is 6.07 Å². The zero-order valence-corrected chi connectivity index (χ0v) is 11.3. The van der Waals surface area contributed by atoms with Gasteiger partial charge in [-0.1, -0.05) is 6.07 Å². The number of nitro groups is 1. The minimum absolute atomic E-state index is 0.00270. The van der Waals surface area contributed by atoms with E-state index in [1.54, 1.807) is 26.0 Å². The summed E-state index contributed by atoms with van der Waals surface area (Å²) in [6.45, 7) is 3.51. The Bertz CT molecular complexity index is 475. The molecule has 1 unspecified atom stereocenters. The lowest BCUT2D eigenvalue weighted by Gasteiger charge is -2.16. The molecule has 0 fully saturated rings. The lowest BCUT2D eigenvalue weighted by molar-refractivity contribution is -0.384. The van der Waals surface area contributed by atoms with Crippen LogP contribution < -0.4 is 5.32 Å². The number of anilines is 1. The number of nitro benzene ring substituents is 1. The van der Waals surface area contributed by atoms with Gasteiger partial charge in [-0.05, 0) is 38.3 Å². The molecule has 0 aliphatic rings. The predicted molar refractivity (Wildman–Crippen MR) is 70.8 cm³/mol. The van der Waals surface area contributed by atoms with Crippen molar-refractivity contribution in [1.82, 2.24) is 0 Å². The predicted octanol–water partition coefficient (Wildman–Crippen LogP) is 4.44. The van der Waals surface area contributed by atoms with Crippen LogP contribution in [0.4, 0.5) is 24.5 Å². The highest BCUT2D eigenvalue weighted by Crippen LogP contribution is 2.27. The second-order valence-corrected chi connectivity index (χ2v) is 4.83. The summed E-state index contributed by atoms with van der Waals surface area (Å²) in [5, 5.41) is 13.8. The van der Waals surface area contributed by atoms with Gasteiger partial charge in [0.1, 0.15) is 5.69 Å². The van der Waals surface area contributed by atoms with Crippen LogP contribution in [0.1, 0.15) is 31.7 Å². The van der Waals surface area contributed by atoms with Gasteiger partial charge in [0.25, 0.3) is 5.69 Å². The standard InChI is InChI=1S/C13H17F3N2O2/c1-9-5-6-12(18(19)20)11(8-9)17-10(2)4-3-7-13(14,15)16/h5-6,8,10,17H,3-4,7H2,1-2H3. The smallest absolute Gasteiger partial charge is 0.377 e. The first-order chi connectivity index (χ1) is 9.19. The summed E-state index contributed by atoms with van der Waals surface area (Å²) in [6.07, 6.45) is -4.70. The van der Waals surface area contributed by atoms with Crippen LogP contribution in [0.5, 0.6) is 0 Å². The van der Waals surface area contributed by atoms with Crippen molar-refractivity contribution >= 4 is 11.4 Å². The van der Waals surface area contributed by atoms with E-state index in [0.717, 1.165) is 5.56 Å². The molecular weight excluding hydrogens is 273 g/mol. The number of nitrogens with one attached hydrogen (secondary N) is 1. The summed E-state index contributed by atoms with van der Waals surface area (Å²) >= 11 is 0. The lowest BCUT2D eigenvalue weighted by atomic mass is 10.1. The number of alkyl halides is 3. The van der Waals surface area contributed by atoms with Gasteiger partial charge in [-0.2, -0.15) is 13.2 Å². The molecule has 0 spiro atoms. The zero-order chi connectivity index (χ0) is 15.3. The molecule has 0 amide bonds.